The van der Waals surface area contributed by atoms with Gasteiger partial charge in [-0.2, -0.15) is 5.10 Å². The molecule has 2 aromatic heterocycles. The van der Waals surface area contributed by atoms with E-state index in [0.29, 0.717) is 18.1 Å². The Bertz CT molecular complexity index is 630. The predicted molar refractivity (Wildman–Crippen MR) is 80.6 cm³/mol. The standard InChI is InChI=1S/C16H18N4O2/c1-12-7-8-15(19-18-12)22-13-5-4-10-20(11-13)16(21)14-6-2-3-9-17-14/h2-3,6-9,13H,4-5,10-11H2,1H3. The second kappa shape index (κ2) is 6.51. The van der Waals surface area contributed by atoms with Gasteiger partial charge in [0.1, 0.15) is 11.8 Å². The fourth-order valence-corrected chi connectivity index (χ4v) is 2.49. The summed E-state index contributed by atoms with van der Waals surface area (Å²) >= 11 is 0. The highest BCUT2D eigenvalue weighted by Gasteiger charge is 2.26. The van der Waals surface area contributed by atoms with Crippen molar-refractivity contribution in [2.24, 2.45) is 0 Å². The van der Waals surface area contributed by atoms with Crippen molar-refractivity contribution >= 4 is 5.91 Å². The normalized spacial score (nSPS) is 18.0. The van der Waals surface area contributed by atoms with E-state index in [2.05, 4.69) is 15.2 Å². The first kappa shape index (κ1) is 14.4. The van der Waals surface area contributed by atoms with Gasteiger partial charge in [0.25, 0.3) is 5.91 Å². The molecule has 1 unspecified atom stereocenters. The van der Waals surface area contributed by atoms with Crippen LogP contribution in [0.5, 0.6) is 5.88 Å². The van der Waals surface area contributed by atoms with Crippen LogP contribution in [0.1, 0.15) is 29.0 Å². The fourth-order valence-electron chi connectivity index (χ4n) is 2.49. The van der Waals surface area contributed by atoms with E-state index in [1.807, 2.05) is 25.1 Å². The lowest BCUT2D eigenvalue weighted by Crippen LogP contribution is -2.44. The van der Waals surface area contributed by atoms with Crippen LogP contribution in [0.15, 0.2) is 36.5 Å². The number of carbonyl (C=O) groups is 1. The summed E-state index contributed by atoms with van der Waals surface area (Å²) in [4.78, 5) is 18.3. The van der Waals surface area contributed by atoms with Crippen LogP contribution in [0.2, 0.25) is 0 Å². The quantitative estimate of drug-likeness (QED) is 0.865. The molecule has 0 saturated carbocycles. The molecular weight excluding hydrogens is 280 g/mol. The minimum absolute atomic E-state index is 0.0520. The van der Waals surface area contributed by atoms with E-state index in [1.54, 1.807) is 23.2 Å². The largest absolute Gasteiger partial charge is 0.471 e. The van der Waals surface area contributed by atoms with Gasteiger partial charge in [-0.05, 0) is 38.0 Å². The molecule has 2 aromatic rings. The first-order chi connectivity index (χ1) is 10.7. The summed E-state index contributed by atoms with van der Waals surface area (Å²) in [5.41, 5.74) is 1.32. The zero-order valence-corrected chi connectivity index (χ0v) is 12.5. The Morgan fingerprint density at radius 1 is 1.27 bits per heavy atom. The maximum Gasteiger partial charge on any atom is 0.272 e. The Hall–Kier alpha value is -2.50. The minimum Gasteiger partial charge on any atom is -0.471 e. The minimum atomic E-state index is -0.0570. The lowest BCUT2D eigenvalue weighted by molar-refractivity contribution is 0.0520. The Morgan fingerprint density at radius 3 is 2.91 bits per heavy atom. The monoisotopic (exact) mass is 298 g/mol. The van der Waals surface area contributed by atoms with Crippen molar-refractivity contribution in [2.75, 3.05) is 13.1 Å². The summed E-state index contributed by atoms with van der Waals surface area (Å²) in [5, 5.41) is 7.99. The van der Waals surface area contributed by atoms with E-state index in [4.69, 9.17) is 4.74 Å². The predicted octanol–water partition coefficient (Wildman–Crippen LogP) is 1.86. The summed E-state index contributed by atoms with van der Waals surface area (Å²) in [7, 11) is 0. The highest BCUT2D eigenvalue weighted by molar-refractivity contribution is 5.92. The third-order valence-corrected chi connectivity index (χ3v) is 3.61. The second-order valence-corrected chi connectivity index (χ2v) is 5.36. The molecule has 1 aliphatic heterocycles. The lowest BCUT2D eigenvalue weighted by atomic mass is 10.1. The first-order valence-electron chi connectivity index (χ1n) is 7.39. The molecule has 0 aliphatic carbocycles. The molecule has 6 nitrogen and oxygen atoms in total. The topological polar surface area (TPSA) is 68.2 Å². The highest BCUT2D eigenvalue weighted by atomic mass is 16.5. The average molecular weight is 298 g/mol. The van der Waals surface area contributed by atoms with Gasteiger partial charge < -0.3 is 9.64 Å². The summed E-state index contributed by atoms with van der Waals surface area (Å²) in [6, 6.07) is 9.02. The molecule has 1 saturated heterocycles. The Labute approximate surface area is 129 Å². The van der Waals surface area contributed by atoms with Gasteiger partial charge in [0.05, 0.1) is 12.2 Å². The fraction of sp³-hybridized carbons (Fsp3) is 0.375. The van der Waals surface area contributed by atoms with Gasteiger partial charge in [0.15, 0.2) is 0 Å². The molecule has 0 spiro atoms. The molecule has 0 bridgehead atoms. The van der Waals surface area contributed by atoms with Crippen LogP contribution >= 0.6 is 0 Å². The van der Waals surface area contributed by atoms with Crippen molar-refractivity contribution in [2.45, 2.75) is 25.9 Å². The van der Waals surface area contributed by atoms with Crippen LogP contribution in [0, 0.1) is 6.92 Å². The van der Waals surface area contributed by atoms with Crippen LogP contribution in [0.4, 0.5) is 0 Å². The number of carbonyl (C=O) groups excluding carboxylic acids is 1. The Balaban J connectivity index is 1.64. The van der Waals surface area contributed by atoms with E-state index in [0.717, 1.165) is 25.1 Å². The molecule has 114 valence electrons. The number of amides is 1. The third-order valence-electron chi connectivity index (χ3n) is 3.61. The SMILES string of the molecule is Cc1ccc(OC2CCCN(C(=O)c3ccccn3)C2)nn1. The van der Waals surface area contributed by atoms with Gasteiger partial charge in [0, 0.05) is 18.8 Å². The van der Waals surface area contributed by atoms with Crippen molar-refractivity contribution in [3.63, 3.8) is 0 Å². The molecule has 1 atom stereocenters. The molecule has 1 fully saturated rings. The van der Waals surface area contributed by atoms with E-state index in [1.165, 1.54) is 0 Å². The molecule has 3 rings (SSSR count). The molecule has 1 aliphatic rings. The number of hydrogen-bond acceptors (Lipinski definition) is 5. The smallest absolute Gasteiger partial charge is 0.272 e. The van der Waals surface area contributed by atoms with Crippen molar-refractivity contribution in [1.82, 2.24) is 20.1 Å². The average Bonchev–Trinajstić information content (AvgIpc) is 2.57. The number of likely N-dealkylation sites (tertiary alicyclic amines) is 1. The summed E-state index contributed by atoms with van der Waals surface area (Å²) < 4.78 is 5.84. The van der Waals surface area contributed by atoms with Gasteiger partial charge in [-0.15, -0.1) is 5.10 Å². The zero-order valence-electron chi connectivity index (χ0n) is 12.5. The number of piperidine rings is 1. The van der Waals surface area contributed by atoms with E-state index in [9.17, 15) is 4.79 Å². The highest BCUT2D eigenvalue weighted by Crippen LogP contribution is 2.17. The lowest BCUT2D eigenvalue weighted by Gasteiger charge is -2.32. The molecule has 0 N–H and O–H groups in total. The zero-order chi connectivity index (χ0) is 15.4. The third kappa shape index (κ3) is 3.39. The van der Waals surface area contributed by atoms with Crippen molar-refractivity contribution in [1.29, 1.82) is 0 Å². The molecule has 0 radical (unpaired) electrons. The summed E-state index contributed by atoms with van der Waals surface area (Å²) in [6.07, 6.45) is 3.38. The Kier molecular flexibility index (Phi) is 4.27. The molecular formula is C16H18N4O2. The number of nitrogens with zero attached hydrogens (tertiary/aromatic N) is 4. The first-order valence-corrected chi connectivity index (χ1v) is 7.39. The van der Waals surface area contributed by atoms with Crippen LogP contribution in [0.3, 0.4) is 0 Å². The van der Waals surface area contributed by atoms with Crippen molar-refractivity contribution in [3.8, 4) is 5.88 Å². The van der Waals surface area contributed by atoms with Crippen molar-refractivity contribution in [3.05, 3.63) is 47.9 Å². The Morgan fingerprint density at radius 2 is 2.18 bits per heavy atom. The number of rotatable bonds is 3. The van der Waals surface area contributed by atoms with Gasteiger partial charge >= 0.3 is 0 Å². The van der Waals surface area contributed by atoms with E-state index < -0.39 is 0 Å². The number of ether oxygens (including phenoxy) is 1. The van der Waals surface area contributed by atoms with Gasteiger partial charge in [-0.25, -0.2) is 0 Å². The molecule has 22 heavy (non-hydrogen) atoms. The van der Waals surface area contributed by atoms with Gasteiger partial charge in [-0.3, -0.25) is 9.78 Å². The van der Waals surface area contributed by atoms with Crippen LogP contribution in [-0.2, 0) is 0 Å². The molecule has 3 heterocycles. The number of aromatic nitrogens is 3. The molecule has 1 amide bonds. The number of aryl methyl sites for hydroxylation is 1. The summed E-state index contributed by atoms with van der Waals surface area (Å²) in [5.74, 6) is 0.451. The number of hydrogen-bond donors (Lipinski definition) is 0. The van der Waals surface area contributed by atoms with E-state index in [-0.39, 0.29) is 12.0 Å². The maximum absolute atomic E-state index is 12.4. The molecule has 6 heteroatoms. The van der Waals surface area contributed by atoms with Crippen molar-refractivity contribution < 1.29 is 9.53 Å². The van der Waals surface area contributed by atoms with Gasteiger partial charge in [0.2, 0.25) is 5.88 Å². The molecule has 0 aromatic carbocycles. The van der Waals surface area contributed by atoms with E-state index >= 15 is 0 Å². The van der Waals surface area contributed by atoms with Crippen LogP contribution < -0.4 is 4.74 Å². The van der Waals surface area contributed by atoms with Crippen LogP contribution in [-0.4, -0.2) is 45.2 Å². The summed E-state index contributed by atoms with van der Waals surface area (Å²) in [6.45, 7) is 3.16. The van der Waals surface area contributed by atoms with Gasteiger partial charge in [-0.1, -0.05) is 6.07 Å². The van der Waals surface area contributed by atoms with Crippen LogP contribution in [0.25, 0.3) is 0 Å². The number of pyridine rings is 1. The second-order valence-electron chi connectivity index (χ2n) is 5.36. The maximum atomic E-state index is 12.4.